The van der Waals surface area contributed by atoms with Gasteiger partial charge in [0.15, 0.2) is 5.82 Å². The molecule has 1 amide bonds. The van der Waals surface area contributed by atoms with Crippen LogP contribution in [0.15, 0.2) is 6.33 Å². The van der Waals surface area contributed by atoms with Gasteiger partial charge < -0.3 is 11.1 Å². The van der Waals surface area contributed by atoms with Crippen molar-refractivity contribution in [3.63, 3.8) is 0 Å². The first-order valence-corrected chi connectivity index (χ1v) is 6.02. The van der Waals surface area contributed by atoms with Crippen molar-refractivity contribution < 1.29 is 4.79 Å². The van der Waals surface area contributed by atoms with Gasteiger partial charge in [-0.2, -0.15) is 5.10 Å². The highest BCUT2D eigenvalue weighted by Crippen LogP contribution is 2.25. The van der Waals surface area contributed by atoms with E-state index in [0.29, 0.717) is 12.4 Å². The van der Waals surface area contributed by atoms with E-state index in [1.807, 2.05) is 0 Å². The summed E-state index contributed by atoms with van der Waals surface area (Å²) in [7, 11) is 1.80. The van der Waals surface area contributed by atoms with Gasteiger partial charge in [-0.25, -0.2) is 4.98 Å². The highest BCUT2D eigenvalue weighted by Gasteiger charge is 2.34. The molecule has 1 saturated carbocycles. The second-order valence-electron chi connectivity index (χ2n) is 4.73. The van der Waals surface area contributed by atoms with E-state index in [1.54, 1.807) is 18.1 Å². The molecule has 0 bridgehead atoms. The Kier molecular flexibility index (Phi) is 3.42. The summed E-state index contributed by atoms with van der Waals surface area (Å²) in [5.74, 6) is 0.532. The number of carbonyl (C=O) groups is 1. The number of nitrogens with one attached hydrogen (secondary N) is 1. The van der Waals surface area contributed by atoms with Crippen LogP contribution in [-0.4, -0.2) is 26.2 Å². The predicted molar refractivity (Wildman–Crippen MR) is 62.9 cm³/mol. The number of aryl methyl sites for hydroxylation is 1. The first-order chi connectivity index (χ1) is 8.10. The Morgan fingerprint density at radius 1 is 1.53 bits per heavy atom. The van der Waals surface area contributed by atoms with Crippen LogP contribution in [-0.2, 0) is 18.4 Å². The minimum Gasteiger partial charge on any atom is -0.347 e. The fraction of sp³-hybridized carbons (Fsp3) is 0.727. The summed E-state index contributed by atoms with van der Waals surface area (Å²) < 4.78 is 1.61. The van der Waals surface area contributed by atoms with Gasteiger partial charge in [0.2, 0.25) is 5.91 Å². The molecule has 0 atom stereocenters. The smallest absolute Gasteiger partial charge is 0.240 e. The number of rotatable bonds is 3. The van der Waals surface area contributed by atoms with Gasteiger partial charge in [0.05, 0.1) is 12.1 Å². The van der Waals surface area contributed by atoms with E-state index < -0.39 is 5.54 Å². The van der Waals surface area contributed by atoms with Crippen LogP contribution < -0.4 is 11.1 Å². The maximum Gasteiger partial charge on any atom is 0.240 e. The van der Waals surface area contributed by atoms with E-state index in [9.17, 15) is 4.79 Å². The van der Waals surface area contributed by atoms with Crippen molar-refractivity contribution in [2.75, 3.05) is 0 Å². The first kappa shape index (κ1) is 12.0. The van der Waals surface area contributed by atoms with Crippen molar-refractivity contribution in [2.45, 2.75) is 44.2 Å². The van der Waals surface area contributed by atoms with Crippen LogP contribution in [0.3, 0.4) is 0 Å². The van der Waals surface area contributed by atoms with E-state index in [2.05, 4.69) is 15.4 Å². The van der Waals surface area contributed by atoms with E-state index in [4.69, 9.17) is 5.73 Å². The van der Waals surface area contributed by atoms with Crippen LogP contribution in [0.4, 0.5) is 0 Å². The quantitative estimate of drug-likeness (QED) is 0.780. The summed E-state index contributed by atoms with van der Waals surface area (Å²) in [6, 6.07) is 0. The SMILES string of the molecule is Cn1cnc(CNC(=O)C2(N)CCCCC2)n1. The third kappa shape index (κ3) is 2.82. The standard InChI is InChI=1S/C11H19N5O/c1-16-8-14-9(15-16)7-13-10(17)11(12)5-3-2-4-6-11/h8H,2-7,12H2,1H3,(H,13,17). The molecule has 1 aliphatic rings. The highest BCUT2D eigenvalue weighted by atomic mass is 16.2. The summed E-state index contributed by atoms with van der Waals surface area (Å²) in [5, 5.41) is 6.92. The number of carbonyl (C=O) groups excluding carboxylic acids is 1. The van der Waals surface area contributed by atoms with Crippen LogP contribution in [0, 0.1) is 0 Å². The molecule has 0 radical (unpaired) electrons. The second-order valence-corrected chi connectivity index (χ2v) is 4.73. The minimum absolute atomic E-state index is 0.0790. The van der Waals surface area contributed by atoms with E-state index in [-0.39, 0.29) is 5.91 Å². The van der Waals surface area contributed by atoms with Gasteiger partial charge in [-0.3, -0.25) is 9.48 Å². The molecule has 0 spiro atoms. The van der Waals surface area contributed by atoms with Crippen molar-refractivity contribution >= 4 is 5.91 Å². The van der Waals surface area contributed by atoms with Gasteiger partial charge in [-0.15, -0.1) is 0 Å². The van der Waals surface area contributed by atoms with Gasteiger partial charge in [-0.1, -0.05) is 19.3 Å². The molecule has 94 valence electrons. The molecule has 3 N–H and O–H groups in total. The summed E-state index contributed by atoms with van der Waals surface area (Å²) in [6.45, 7) is 0.346. The average molecular weight is 237 g/mol. The van der Waals surface area contributed by atoms with Crippen LogP contribution in [0.25, 0.3) is 0 Å². The van der Waals surface area contributed by atoms with Crippen LogP contribution in [0.1, 0.15) is 37.9 Å². The van der Waals surface area contributed by atoms with Crippen molar-refractivity contribution in [3.05, 3.63) is 12.2 Å². The van der Waals surface area contributed by atoms with E-state index >= 15 is 0 Å². The Balaban J connectivity index is 1.88. The van der Waals surface area contributed by atoms with Crippen molar-refractivity contribution in [2.24, 2.45) is 12.8 Å². The number of nitrogens with two attached hydrogens (primary N) is 1. The van der Waals surface area contributed by atoms with E-state index in [0.717, 1.165) is 25.7 Å². The Labute approximate surface area is 101 Å². The first-order valence-electron chi connectivity index (χ1n) is 6.02. The molecule has 0 aliphatic heterocycles. The van der Waals surface area contributed by atoms with Crippen molar-refractivity contribution in [1.29, 1.82) is 0 Å². The molecule has 2 rings (SSSR count). The normalized spacial score (nSPS) is 18.9. The molecular formula is C11H19N5O. The second kappa shape index (κ2) is 4.83. The maximum atomic E-state index is 12.0. The lowest BCUT2D eigenvalue weighted by atomic mass is 9.82. The summed E-state index contributed by atoms with van der Waals surface area (Å²) >= 11 is 0. The molecule has 0 aromatic carbocycles. The number of hydrogen-bond acceptors (Lipinski definition) is 4. The monoisotopic (exact) mass is 237 g/mol. The fourth-order valence-corrected chi connectivity index (χ4v) is 2.21. The molecule has 1 aromatic rings. The van der Waals surface area contributed by atoms with Gasteiger partial charge in [-0.05, 0) is 12.8 Å². The summed E-state index contributed by atoms with van der Waals surface area (Å²) in [4.78, 5) is 16.1. The number of nitrogens with zero attached hydrogens (tertiary/aromatic N) is 3. The predicted octanol–water partition coefficient (Wildman–Crippen LogP) is 0.0929. The van der Waals surface area contributed by atoms with Gasteiger partial charge >= 0.3 is 0 Å². The molecular weight excluding hydrogens is 218 g/mol. The minimum atomic E-state index is -0.687. The molecule has 6 heteroatoms. The molecule has 1 heterocycles. The Morgan fingerprint density at radius 3 is 2.82 bits per heavy atom. The maximum absolute atomic E-state index is 12.0. The van der Waals surface area contributed by atoms with E-state index in [1.165, 1.54) is 6.42 Å². The zero-order chi connectivity index (χ0) is 12.3. The van der Waals surface area contributed by atoms with Gasteiger partial charge in [0.25, 0.3) is 0 Å². The molecule has 0 unspecified atom stereocenters. The molecule has 1 aromatic heterocycles. The zero-order valence-electron chi connectivity index (χ0n) is 10.1. The third-order valence-electron chi connectivity index (χ3n) is 3.25. The summed E-state index contributed by atoms with van der Waals surface area (Å²) in [5.41, 5.74) is 5.43. The molecule has 1 aliphatic carbocycles. The van der Waals surface area contributed by atoms with Crippen LogP contribution >= 0.6 is 0 Å². The fourth-order valence-electron chi connectivity index (χ4n) is 2.21. The number of aromatic nitrogens is 3. The zero-order valence-corrected chi connectivity index (χ0v) is 10.1. The van der Waals surface area contributed by atoms with Gasteiger partial charge in [0.1, 0.15) is 6.33 Å². The lowest BCUT2D eigenvalue weighted by Crippen LogP contribution is -2.54. The highest BCUT2D eigenvalue weighted by molar-refractivity contribution is 5.86. The lowest BCUT2D eigenvalue weighted by molar-refractivity contribution is -0.127. The Morgan fingerprint density at radius 2 is 2.24 bits per heavy atom. The molecule has 1 fully saturated rings. The Bertz CT molecular complexity index is 394. The topological polar surface area (TPSA) is 85.8 Å². The number of hydrogen-bond donors (Lipinski definition) is 2. The molecule has 6 nitrogen and oxygen atoms in total. The lowest BCUT2D eigenvalue weighted by Gasteiger charge is -2.31. The molecule has 17 heavy (non-hydrogen) atoms. The van der Waals surface area contributed by atoms with Crippen LogP contribution in [0.2, 0.25) is 0 Å². The molecule has 0 saturated heterocycles. The Hall–Kier alpha value is -1.43. The third-order valence-corrected chi connectivity index (χ3v) is 3.25. The van der Waals surface area contributed by atoms with Crippen LogP contribution in [0.5, 0.6) is 0 Å². The van der Waals surface area contributed by atoms with Gasteiger partial charge in [0, 0.05) is 7.05 Å². The summed E-state index contributed by atoms with van der Waals surface area (Å²) in [6.07, 6.45) is 6.40. The largest absolute Gasteiger partial charge is 0.347 e. The number of amides is 1. The van der Waals surface area contributed by atoms with Crippen molar-refractivity contribution in [3.8, 4) is 0 Å². The van der Waals surface area contributed by atoms with Crippen molar-refractivity contribution in [1.82, 2.24) is 20.1 Å². The average Bonchev–Trinajstić information content (AvgIpc) is 2.73.